The van der Waals surface area contributed by atoms with E-state index in [9.17, 15) is 14.7 Å². The van der Waals surface area contributed by atoms with Crippen LogP contribution in [0.15, 0.2) is 90.1 Å². The Morgan fingerprint density at radius 2 is 1.78 bits per heavy atom. The third kappa shape index (κ3) is 3.96. The van der Waals surface area contributed by atoms with Gasteiger partial charge >= 0.3 is 0 Å². The summed E-state index contributed by atoms with van der Waals surface area (Å²) in [6.45, 7) is 1.76. The van der Waals surface area contributed by atoms with Gasteiger partial charge in [0.05, 0.1) is 33.5 Å². The van der Waals surface area contributed by atoms with Crippen molar-refractivity contribution in [2.45, 2.75) is 6.92 Å². The first-order valence-electron chi connectivity index (χ1n) is 11.4. The number of nitrogens with one attached hydrogen (secondary N) is 1. The Bertz CT molecular complexity index is 1890. The Hall–Kier alpha value is -5.38. The van der Waals surface area contributed by atoms with E-state index >= 15 is 0 Å². The number of benzene rings is 3. The molecule has 0 aliphatic heterocycles. The van der Waals surface area contributed by atoms with Crippen molar-refractivity contribution in [1.29, 1.82) is 0 Å². The Labute approximate surface area is 209 Å². The minimum absolute atomic E-state index is 0.0364. The second kappa shape index (κ2) is 8.68. The predicted molar refractivity (Wildman–Crippen MR) is 138 cm³/mol. The van der Waals surface area contributed by atoms with Gasteiger partial charge in [0.2, 0.25) is 0 Å². The van der Waals surface area contributed by atoms with E-state index in [-0.39, 0.29) is 17.0 Å². The van der Waals surface area contributed by atoms with Gasteiger partial charge in [-0.15, -0.1) is 5.10 Å². The molecular formula is C27H19N7O3. The molecule has 0 fully saturated rings. The summed E-state index contributed by atoms with van der Waals surface area (Å²) in [4.78, 5) is 34.9. The Morgan fingerprint density at radius 3 is 2.65 bits per heavy atom. The van der Waals surface area contributed by atoms with Gasteiger partial charge in [-0.1, -0.05) is 17.3 Å². The number of amides is 1. The first kappa shape index (κ1) is 22.1. The molecule has 0 radical (unpaired) electrons. The standard InChI is InChI=1S/C27H19N7O3/c1-16-25(31-32-34(16)20-8-10-23-17(12-20)4-3-11-28-23)26(36)30-18-7-9-24-22(13-18)27(37)33(15-29-24)19-5-2-6-21(35)14-19/h2-15,35H,1H3,(H,30,36). The van der Waals surface area contributed by atoms with Gasteiger partial charge in [0.15, 0.2) is 5.69 Å². The largest absolute Gasteiger partial charge is 0.508 e. The summed E-state index contributed by atoms with van der Waals surface area (Å²) in [5.41, 5.74) is 3.38. The van der Waals surface area contributed by atoms with Crippen LogP contribution in [0.1, 0.15) is 16.2 Å². The highest BCUT2D eigenvalue weighted by Crippen LogP contribution is 2.21. The SMILES string of the molecule is Cc1c(C(=O)Nc2ccc3ncn(-c4cccc(O)c4)c(=O)c3c2)nnn1-c1ccc2ncccc2c1. The monoisotopic (exact) mass is 489 g/mol. The first-order chi connectivity index (χ1) is 18.0. The van der Waals surface area contributed by atoms with E-state index in [1.54, 1.807) is 48.1 Å². The van der Waals surface area contributed by atoms with Gasteiger partial charge in [0, 0.05) is 23.3 Å². The molecule has 0 saturated carbocycles. The number of rotatable bonds is 4. The first-order valence-corrected chi connectivity index (χ1v) is 11.4. The smallest absolute Gasteiger partial charge is 0.278 e. The lowest BCUT2D eigenvalue weighted by atomic mass is 10.2. The summed E-state index contributed by atoms with van der Waals surface area (Å²) in [7, 11) is 0. The Morgan fingerprint density at radius 1 is 0.919 bits per heavy atom. The molecule has 37 heavy (non-hydrogen) atoms. The lowest BCUT2D eigenvalue weighted by Gasteiger charge is -2.09. The molecule has 0 bridgehead atoms. The second-order valence-corrected chi connectivity index (χ2v) is 8.44. The average molecular weight is 489 g/mol. The molecule has 0 aliphatic carbocycles. The summed E-state index contributed by atoms with van der Waals surface area (Å²) in [6.07, 6.45) is 3.14. The summed E-state index contributed by atoms with van der Waals surface area (Å²) < 4.78 is 2.93. The summed E-state index contributed by atoms with van der Waals surface area (Å²) in [6, 6.07) is 20.7. The third-order valence-electron chi connectivity index (χ3n) is 6.06. The maximum Gasteiger partial charge on any atom is 0.278 e. The van der Waals surface area contributed by atoms with Crippen molar-refractivity contribution in [3.63, 3.8) is 0 Å². The quantitative estimate of drug-likeness (QED) is 0.386. The lowest BCUT2D eigenvalue weighted by molar-refractivity contribution is 0.102. The van der Waals surface area contributed by atoms with Crippen LogP contribution in [0.5, 0.6) is 5.75 Å². The number of hydrogen-bond acceptors (Lipinski definition) is 7. The zero-order chi connectivity index (χ0) is 25.5. The van der Waals surface area contributed by atoms with Gasteiger partial charge in [0.25, 0.3) is 11.5 Å². The number of carbonyl (C=O) groups is 1. The maximum atomic E-state index is 13.2. The van der Waals surface area contributed by atoms with Gasteiger partial charge in [0.1, 0.15) is 12.1 Å². The van der Waals surface area contributed by atoms with Crippen LogP contribution in [0.4, 0.5) is 5.69 Å². The predicted octanol–water partition coefficient (Wildman–Crippen LogP) is 3.78. The van der Waals surface area contributed by atoms with Gasteiger partial charge < -0.3 is 10.4 Å². The molecule has 3 aromatic carbocycles. The van der Waals surface area contributed by atoms with Crippen LogP contribution in [0, 0.1) is 6.92 Å². The number of aromatic nitrogens is 6. The number of aromatic hydroxyl groups is 1. The molecule has 6 rings (SSSR count). The minimum Gasteiger partial charge on any atom is -0.508 e. The average Bonchev–Trinajstić information content (AvgIpc) is 3.30. The Balaban J connectivity index is 1.31. The highest BCUT2D eigenvalue weighted by atomic mass is 16.3. The van der Waals surface area contributed by atoms with E-state index in [4.69, 9.17) is 0 Å². The number of nitrogens with zero attached hydrogens (tertiary/aromatic N) is 6. The van der Waals surface area contributed by atoms with Crippen LogP contribution in [0.3, 0.4) is 0 Å². The number of fused-ring (bicyclic) bond motifs is 2. The van der Waals surface area contributed by atoms with Crippen LogP contribution in [0.25, 0.3) is 33.2 Å². The Kier molecular flexibility index (Phi) is 5.19. The molecule has 1 amide bonds. The minimum atomic E-state index is -0.456. The molecule has 0 spiro atoms. The van der Waals surface area contributed by atoms with Crippen LogP contribution in [-0.4, -0.2) is 40.5 Å². The van der Waals surface area contributed by atoms with Crippen molar-refractivity contribution in [3.05, 3.63) is 107 Å². The van der Waals surface area contributed by atoms with Gasteiger partial charge in [-0.3, -0.25) is 19.1 Å². The topological polar surface area (TPSA) is 128 Å². The molecule has 180 valence electrons. The van der Waals surface area contributed by atoms with E-state index in [2.05, 4.69) is 25.6 Å². The van der Waals surface area contributed by atoms with Crippen LogP contribution >= 0.6 is 0 Å². The van der Waals surface area contributed by atoms with Gasteiger partial charge in [-0.25, -0.2) is 9.67 Å². The molecule has 10 nitrogen and oxygen atoms in total. The zero-order valence-electron chi connectivity index (χ0n) is 19.5. The highest BCUT2D eigenvalue weighted by molar-refractivity contribution is 6.04. The summed E-state index contributed by atoms with van der Waals surface area (Å²) >= 11 is 0. The van der Waals surface area contributed by atoms with E-state index in [0.717, 1.165) is 16.6 Å². The van der Waals surface area contributed by atoms with Crippen molar-refractivity contribution in [3.8, 4) is 17.1 Å². The molecule has 3 aromatic heterocycles. The number of anilines is 1. The molecule has 2 N–H and O–H groups in total. The number of carbonyl (C=O) groups excluding carboxylic acids is 1. The van der Waals surface area contributed by atoms with Crippen LogP contribution in [0.2, 0.25) is 0 Å². The van der Waals surface area contributed by atoms with Crippen molar-refractivity contribution in [1.82, 2.24) is 29.5 Å². The van der Waals surface area contributed by atoms with Crippen molar-refractivity contribution >= 4 is 33.4 Å². The number of phenols is 1. The summed E-state index contributed by atoms with van der Waals surface area (Å²) in [5, 5.41) is 22.1. The molecule has 10 heteroatoms. The molecule has 3 heterocycles. The van der Waals surface area contributed by atoms with Crippen LogP contribution < -0.4 is 10.9 Å². The maximum absolute atomic E-state index is 13.2. The molecule has 0 atom stereocenters. The van der Waals surface area contributed by atoms with E-state index < -0.39 is 5.91 Å². The number of pyridine rings is 1. The van der Waals surface area contributed by atoms with Crippen LogP contribution in [-0.2, 0) is 0 Å². The molecule has 0 aliphatic rings. The zero-order valence-corrected chi connectivity index (χ0v) is 19.5. The fraction of sp³-hybridized carbons (Fsp3) is 0.0370. The molecular weight excluding hydrogens is 470 g/mol. The summed E-state index contributed by atoms with van der Waals surface area (Å²) in [5.74, 6) is -0.419. The van der Waals surface area contributed by atoms with E-state index in [1.165, 1.54) is 23.0 Å². The molecule has 6 aromatic rings. The van der Waals surface area contributed by atoms with Crippen molar-refractivity contribution < 1.29 is 9.90 Å². The van der Waals surface area contributed by atoms with Crippen molar-refractivity contribution in [2.24, 2.45) is 0 Å². The molecule has 0 saturated heterocycles. The van der Waals surface area contributed by atoms with Gasteiger partial charge in [-0.2, -0.15) is 0 Å². The lowest BCUT2D eigenvalue weighted by Crippen LogP contribution is -2.19. The van der Waals surface area contributed by atoms with Gasteiger partial charge in [-0.05, 0) is 61.5 Å². The number of hydrogen-bond donors (Lipinski definition) is 2. The van der Waals surface area contributed by atoms with E-state index in [1.807, 2.05) is 30.3 Å². The third-order valence-corrected chi connectivity index (χ3v) is 6.06. The normalized spacial score (nSPS) is 11.2. The fourth-order valence-electron chi connectivity index (χ4n) is 4.20. The molecule has 0 unspecified atom stereocenters. The van der Waals surface area contributed by atoms with Crippen molar-refractivity contribution in [2.75, 3.05) is 5.32 Å². The number of phenolic OH excluding ortho intramolecular Hbond substituents is 1. The fourth-order valence-corrected chi connectivity index (χ4v) is 4.20. The van der Waals surface area contributed by atoms with E-state index in [0.29, 0.717) is 28.0 Å². The highest BCUT2D eigenvalue weighted by Gasteiger charge is 2.18. The second-order valence-electron chi connectivity index (χ2n) is 8.44.